The Kier molecular flexibility index (Phi) is 3.40. The molecule has 0 spiro atoms. The smallest absolute Gasteiger partial charge is 0.210 e. The quantitative estimate of drug-likeness (QED) is 0.754. The third-order valence-corrected chi connectivity index (χ3v) is 4.17. The number of halogens is 3. The molecule has 0 aliphatic heterocycles. The fourth-order valence-corrected chi connectivity index (χ4v) is 2.93. The summed E-state index contributed by atoms with van der Waals surface area (Å²) in [6.45, 7) is 1.50. The van der Waals surface area contributed by atoms with Crippen molar-refractivity contribution in [2.45, 2.75) is 6.92 Å². The molecule has 2 aromatic rings. The lowest BCUT2D eigenvalue weighted by Crippen LogP contribution is -2.07. The summed E-state index contributed by atoms with van der Waals surface area (Å²) in [5, 5.41) is 1.68. The molecule has 1 heterocycles. The number of rotatable bonds is 2. The predicted molar refractivity (Wildman–Crippen MR) is 66.5 cm³/mol. The van der Waals surface area contributed by atoms with Gasteiger partial charge in [-0.3, -0.25) is 4.79 Å². The third kappa shape index (κ3) is 2.17. The maximum absolute atomic E-state index is 13.8. The number of ketones is 1. The molecule has 88 valence electrons. The zero-order valence-corrected chi connectivity index (χ0v) is 11.2. The molecule has 0 aliphatic rings. The van der Waals surface area contributed by atoms with E-state index in [0.29, 0.717) is 9.35 Å². The Morgan fingerprint density at radius 2 is 2.00 bits per heavy atom. The van der Waals surface area contributed by atoms with Gasteiger partial charge in [0.15, 0.2) is 0 Å². The van der Waals surface area contributed by atoms with Gasteiger partial charge in [-0.25, -0.2) is 8.78 Å². The van der Waals surface area contributed by atoms with Gasteiger partial charge in [-0.15, -0.1) is 11.3 Å². The van der Waals surface area contributed by atoms with E-state index >= 15 is 0 Å². The van der Waals surface area contributed by atoms with Crippen molar-refractivity contribution < 1.29 is 13.6 Å². The molecule has 0 atom stereocenters. The number of hydrogen-bond acceptors (Lipinski definition) is 2. The summed E-state index contributed by atoms with van der Waals surface area (Å²) in [5.74, 6) is -2.26. The average molecular weight is 317 g/mol. The molecule has 0 amide bonds. The Morgan fingerprint density at radius 3 is 2.59 bits per heavy atom. The lowest BCUT2D eigenvalue weighted by atomic mass is 10.0. The number of aryl methyl sites for hydroxylation is 1. The van der Waals surface area contributed by atoms with Crippen LogP contribution in [-0.4, -0.2) is 5.78 Å². The number of hydrogen-bond donors (Lipinski definition) is 0. The van der Waals surface area contributed by atoms with Gasteiger partial charge in [0, 0.05) is 4.47 Å². The summed E-state index contributed by atoms with van der Waals surface area (Å²) in [6.07, 6.45) is 0. The van der Waals surface area contributed by atoms with Crippen LogP contribution in [0.1, 0.15) is 20.8 Å². The third-order valence-electron chi connectivity index (χ3n) is 2.33. The van der Waals surface area contributed by atoms with E-state index in [1.807, 2.05) is 0 Å². The minimum absolute atomic E-state index is 0.252. The van der Waals surface area contributed by atoms with E-state index in [1.54, 1.807) is 11.4 Å². The van der Waals surface area contributed by atoms with Gasteiger partial charge < -0.3 is 0 Å². The summed E-state index contributed by atoms with van der Waals surface area (Å²) < 4.78 is 27.8. The second-order valence-corrected chi connectivity index (χ2v) is 5.25. The first kappa shape index (κ1) is 12.4. The first-order valence-electron chi connectivity index (χ1n) is 4.74. The van der Waals surface area contributed by atoms with Crippen molar-refractivity contribution in [1.29, 1.82) is 0 Å². The van der Waals surface area contributed by atoms with Crippen LogP contribution in [0.2, 0.25) is 0 Å². The first-order chi connectivity index (χ1) is 8.02. The molecule has 17 heavy (non-hydrogen) atoms. The number of benzene rings is 1. The molecule has 2 rings (SSSR count). The van der Waals surface area contributed by atoms with Gasteiger partial charge in [0.1, 0.15) is 11.6 Å². The minimum atomic E-state index is -0.835. The summed E-state index contributed by atoms with van der Waals surface area (Å²) >= 11 is 4.32. The van der Waals surface area contributed by atoms with Gasteiger partial charge in [0.2, 0.25) is 5.78 Å². The highest BCUT2D eigenvalue weighted by atomic mass is 79.9. The van der Waals surface area contributed by atoms with Gasteiger partial charge in [-0.05, 0) is 45.9 Å². The van der Waals surface area contributed by atoms with E-state index in [4.69, 9.17) is 0 Å². The Morgan fingerprint density at radius 1 is 1.29 bits per heavy atom. The van der Waals surface area contributed by atoms with E-state index in [1.165, 1.54) is 13.0 Å². The zero-order chi connectivity index (χ0) is 12.6. The molecule has 0 saturated carbocycles. The van der Waals surface area contributed by atoms with Crippen LogP contribution in [0.3, 0.4) is 0 Å². The van der Waals surface area contributed by atoms with Crippen molar-refractivity contribution in [2.75, 3.05) is 0 Å². The fraction of sp³-hybridized carbons (Fsp3) is 0.0833. The van der Waals surface area contributed by atoms with Crippen molar-refractivity contribution in [1.82, 2.24) is 0 Å². The van der Waals surface area contributed by atoms with Crippen molar-refractivity contribution in [3.63, 3.8) is 0 Å². The van der Waals surface area contributed by atoms with Crippen molar-refractivity contribution in [2.24, 2.45) is 0 Å². The normalized spacial score (nSPS) is 10.6. The largest absolute Gasteiger partial charge is 0.287 e. The van der Waals surface area contributed by atoms with Crippen LogP contribution in [0, 0.1) is 18.6 Å². The van der Waals surface area contributed by atoms with Gasteiger partial charge in [-0.1, -0.05) is 6.07 Å². The summed E-state index contributed by atoms with van der Waals surface area (Å²) in [5.41, 5.74) is -0.240. The Balaban J connectivity index is 2.59. The molecule has 0 radical (unpaired) electrons. The molecule has 0 fully saturated rings. The second-order valence-electron chi connectivity index (χ2n) is 3.48. The lowest BCUT2D eigenvalue weighted by molar-refractivity contribution is 0.103. The van der Waals surface area contributed by atoms with Crippen LogP contribution in [0.25, 0.3) is 0 Å². The molecule has 0 aliphatic carbocycles. The number of carbonyl (C=O) groups is 1. The van der Waals surface area contributed by atoms with Gasteiger partial charge in [0.25, 0.3) is 0 Å². The molecule has 1 aromatic heterocycles. The van der Waals surface area contributed by atoms with Crippen LogP contribution in [0.15, 0.2) is 28.1 Å². The van der Waals surface area contributed by atoms with E-state index in [-0.39, 0.29) is 5.56 Å². The second kappa shape index (κ2) is 4.66. The van der Waals surface area contributed by atoms with Crippen LogP contribution in [0.5, 0.6) is 0 Å². The Bertz CT molecular complexity index is 592. The summed E-state index contributed by atoms with van der Waals surface area (Å²) in [7, 11) is 0. The minimum Gasteiger partial charge on any atom is -0.287 e. The van der Waals surface area contributed by atoms with Crippen LogP contribution < -0.4 is 0 Å². The predicted octanol–water partition coefficient (Wildman–Crippen LogP) is 4.33. The van der Waals surface area contributed by atoms with E-state index in [0.717, 1.165) is 17.4 Å². The summed E-state index contributed by atoms with van der Waals surface area (Å²) in [6, 6.07) is 4.08. The molecule has 1 nitrogen and oxygen atoms in total. The maximum Gasteiger partial charge on any atom is 0.210 e. The Hall–Kier alpha value is -1.07. The molecular formula is C12H7BrF2OS. The highest BCUT2D eigenvalue weighted by Crippen LogP contribution is 2.28. The molecule has 0 N–H and O–H groups in total. The van der Waals surface area contributed by atoms with Gasteiger partial charge in [0.05, 0.1) is 10.4 Å². The molecule has 0 bridgehead atoms. The topological polar surface area (TPSA) is 17.1 Å². The van der Waals surface area contributed by atoms with Gasteiger partial charge >= 0.3 is 0 Å². The lowest BCUT2D eigenvalue weighted by Gasteiger charge is -2.05. The summed E-state index contributed by atoms with van der Waals surface area (Å²) in [4.78, 5) is 12.3. The molecule has 0 saturated heterocycles. The van der Waals surface area contributed by atoms with Crippen molar-refractivity contribution in [3.8, 4) is 0 Å². The SMILES string of the molecule is Cc1ccc(F)c(C(=O)c2sccc2Br)c1F. The van der Waals surface area contributed by atoms with E-state index in [9.17, 15) is 13.6 Å². The van der Waals surface area contributed by atoms with Crippen molar-refractivity contribution >= 4 is 33.0 Å². The van der Waals surface area contributed by atoms with E-state index in [2.05, 4.69) is 15.9 Å². The average Bonchev–Trinajstić information content (AvgIpc) is 2.70. The number of carbonyl (C=O) groups excluding carboxylic acids is 1. The monoisotopic (exact) mass is 316 g/mol. The van der Waals surface area contributed by atoms with Crippen LogP contribution in [-0.2, 0) is 0 Å². The molecule has 1 aromatic carbocycles. The highest BCUT2D eigenvalue weighted by Gasteiger charge is 2.22. The van der Waals surface area contributed by atoms with E-state index < -0.39 is 23.0 Å². The molecular weight excluding hydrogens is 310 g/mol. The zero-order valence-electron chi connectivity index (χ0n) is 8.76. The maximum atomic E-state index is 13.8. The molecule has 5 heteroatoms. The first-order valence-corrected chi connectivity index (χ1v) is 6.42. The van der Waals surface area contributed by atoms with Crippen LogP contribution >= 0.6 is 27.3 Å². The molecule has 0 unspecified atom stereocenters. The fourth-order valence-electron chi connectivity index (χ4n) is 1.43. The van der Waals surface area contributed by atoms with Crippen molar-refractivity contribution in [3.05, 3.63) is 55.7 Å². The Labute approximate surface area is 109 Å². The van der Waals surface area contributed by atoms with Gasteiger partial charge in [-0.2, -0.15) is 0 Å². The highest BCUT2D eigenvalue weighted by molar-refractivity contribution is 9.10. The van der Waals surface area contributed by atoms with Crippen LogP contribution in [0.4, 0.5) is 8.78 Å². The number of thiophene rings is 1. The standard InChI is InChI=1S/C12H7BrF2OS/c1-6-2-3-8(14)9(10(6)15)11(16)12-7(13)4-5-17-12/h2-5H,1H3.